The summed E-state index contributed by atoms with van der Waals surface area (Å²) in [5.41, 5.74) is 4.43. The average Bonchev–Trinajstić information content (AvgIpc) is 3.17. The van der Waals surface area contributed by atoms with Crippen LogP contribution in [0.25, 0.3) is 10.9 Å². The molecule has 0 saturated heterocycles. The summed E-state index contributed by atoms with van der Waals surface area (Å²) in [6.07, 6.45) is 2.20. The number of thioether (sulfide) groups is 1. The third kappa shape index (κ3) is 5.35. The molecule has 4 rings (SSSR count). The van der Waals surface area contributed by atoms with E-state index in [1.165, 1.54) is 26.9 Å². The van der Waals surface area contributed by atoms with Gasteiger partial charge in [0, 0.05) is 46.4 Å². The third-order valence-corrected chi connectivity index (χ3v) is 6.45. The Balaban J connectivity index is 1.39. The molecule has 3 aromatic carbocycles. The van der Waals surface area contributed by atoms with Crippen molar-refractivity contribution in [3.8, 4) is 5.75 Å². The van der Waals surface area contributed by atoms with Crippen molar-refractivity contribution in [2.75, 3.05) is 13.2 Å². The first kappa shape index (κ1) is 22.0. The molecule has 0 bridgehead atoms. The summed E-state index contributed by atoms with van der Waals surface area (Å²) in [5.74, 6) is 1.64. The highest BCUT2D eigenvalue weighted by Crippen LogP contribution is 2.32. The number of benzene rings is 3. The van der Waals surface area contributed by atoms with E-state index >= 15 is 0 Å². The van der Waals surface area contributed by atoms with Crippen LogP contribution in [0.1, 0.15) is 28.4 Å². The van der Waals surface area contributed by atoms with Crippen LogP contribution in [0.15, 0.2) is 83.9 Å². The molecule has 0 aliphatic heterocycles. The van der Waals surface area contributed by atoms with Crippen LogP contribution < -0.4 is 10.1 Å². The van der Waals surface area contributed by atoms with Crippen LogP contribution in [-0.2, 0) is 12.3 Å². The smallest absolute Gasteiger partial charge is 0.251 e. The summed E-state index contributed by atoms with van der Waals surface area (Å²) in [7, 11) is 0. The number of nitrogens with one attached hydrogen (secondary N) is 1. The van der Waals surface area contributed by atoms with Crippen LogP contribution in [0.3, 0.4) is 0 Å². The molecule has 1 aromatic heterocycles. The minimum Gasteiger partial charge on any atom is -0.494 e. The summed E-state index contributed by atoms with van der Waals surface area (Å²) in [6.45, 7) is 5.94. The number of aryl methyl sites for hydroxylation is 1. The fourth-order valence-corrected chi connectivity index (χ4v) is 4.66. The highest BCUT2D eigenvalue weighted by molar-refractivity contribution is 7.98. The summed E-state index contributed by atoms with van der Waals surface area (Å²) in [6, 6.07) is 24.4. The zero-order valence-electron chi connectivity index (χ0n) is 18.5. The van der Waals surface area contributed by atoms with Gasteiger partial charge in [-0.05, 0) is 49.7 Å². The van der Waals surface area contributed by atoms with Crippen molar-refractivity contribution in [3.05, 3.63) is 95.7 Å². The number of fused-ring (bicyclic) bond motifs is 1. The molecule has 0 fully saturated rings. The van der Waals surface area contributed by atoms with Crippen molar-refractivity contribution in [1.82, 2.24) is 9.88 Å². The Kier molecular flexibility index (Phi) is 7.17. The topological polar surface area (TPSA) is 43.3 Å². The van der Waals surface area contributed by atoms with E-state index in [0.717, 1.165) is 11.5 Å². The molecule has 5 heteroatoms. The van der Waals surface area contributed by atoms with Crippen LogP contribution in [0.5, 0.6) is 5.75 Å². The molecule has 0 aliphatic carbocycles. The number of ether oxygens (including phenoxy) is 1. The fraction of sp³-hybridized carbons (Fsp3) is 0.222. The Labute approximate surface area is 193 Å². The van der Waals surface area contributed by atoms with Gasteiger partial charge < -0.3 is 14.6 Å². The Morgan fingerprint density at radius 3 is 2.50 bits per heavy atom. The molecule has 0 saturated carbocycles. The lowest BCUT2D eigenvalue weighted by Gasteiger charge is -2.08. The zero-order chi connectivity index (χ0) is 22.3. The second-order valence-corrected chi connectivity index (χ2v) is 8.71. The van der Waals surface area contributed by atoms with Gasteiger partial charge in [0.05, 0.1) is 6.61 Å². The summed E-state index contributed by atoms with van der Waals surface area (Å²) >= 11 is 1.85. The van der Waals surface area contributed by atoms with Gasteiger partial charge in [-0.3, -0.25) is 4.79 Å². The van der Waals surface area contributed by atoms with Crippen molar-refractivity contribution < 1.29 is 9.53 Å². The van der Waals surface area contributed by atoms with Crippen LogP contribution in [0.2, 0.25) is 0 Å². The van der Waals surface area contributed by atoms with Crippen LogP contribution in [-0.4, -0.2) is 23.6 Å². The van der Waals surface area contributed by atoms with Gasteiger partial charge in [0.1, 0.15) is 5.75 Å². The van der Waals surface area contributed by atoms with Crippen molar-refractivity contribution in [2.24, 2.45) is 0 Å². The van der Waals surface area contributed by atoms with E-state index in [9.17, 15) is 4.79 Å². The first-order valence-corrected chi connectivity index (χ1v) is 11.9. The third-order valence-electron chi connectivity index (χ3n) is 5.33. The molecular weight excluding hydrogens is 416 g/mol. The van der Waals surface area contributed by atoms with Gasteiger partial charge in [0.25, 0.3) is 5.91 Å². The number of hydrogen-bond donors (Lipinski definition) is 1. The quantitative estimate of drug-likeness (QED) is 0.319. The van der Waals surface area contributed by atoms with Crippen LogP contribution in [0, 0.1) is 6.92 Å². The number of carbonyl (C=O) groups is 1. The summed E-state index contributed by atoms with van der Waals surface area (Å²) in [4.78, 5) is 13.8. The van der Waals surface area contributed by atoms with Gasteiger partial charge in [0.2, 0.25) is 0 Å². The number of rotatable bonds is 9. The predicted molar refractivity (Wildman–Crippen MR) is 133 cm³/mol. The van der Waals surface area contributed by atoms with E-state index in [-0.39, 0.29) is 5.91 Å². The monoisotopic (exact) mass is 444 g/mol. The first-order chi connectivity index (χ1) is 15.6. The molecule has 4 nitrogen and oxygen atoms in total. The molecule has 1 N–H and O–H groups in total. The zero-order valence-corrected chi connectivity index (χ0v) is 19.3. The lowest BCUT2D eigenvalue weighted by atomic mass is 10.2. The number of carbonyl (C=O) groups excluding carboxylic acids is 1. The van der Waals surface area contributed by atoms with Crippen LogP contribution in [0.4, 0.5) is 0 Å². The van der Waals surface area contributed by atoms with Gasteiger partial charge in [-0.25, -0.2) is 0 Å². The van der Waals surface area contributed by atoms with Gasteiger partial charge >= 0.3 is 0 Å². The molecule has 0 atom stereocenters. The lowest BCUT2D eigenvalue weighted by molar-refractivity contribution is 0.0952. The van der Waals surface area contributed by atoms with Crippen molar-refractivity contribution in [3.63, 3.8) is 0 Å². The maximum atomic E-state index is 12.5. The lowest BCUT2D eigenvalue weighted by Crippen LogP contribution is -2.27. The van der Waals surface area contributed by atoms with E-state index in [1.54, 1.807) is 12.1 Å². The van der Waals surface area contributed by atoms with Gasteiger partial charge in [0.15, 0.2) is 0 Å². The molecule has 0 spiro atoms. The van der Waals surface area contributed by atoms with E-state index in [0.29, 0.717) is 25.3 Å². The highest BCUT2D eigenvalue weighted by atomic mass is 32.2. The Hall–Kier alpha value is -3.18. The second-order valence-electron chi connectivity index (χ2n) is 7.69. The molecule has 164 valence electrons. The summed E-state index contributed by atoms with van der Waals surface area (Å²) < 4.78 is 7.67. The van der Waals surface area contributed by atoms with Crippen molar-refractivity contribution >= 4 is 28.6 Å². The Morgan fingerprint density at radius 1 is 1.00 bits per heavy atom. The van der Waals surface area contributed by atoms with Gasteiger partial charge in [-0.2, -0.15) is 0 Å². The molecule has 0 unspecified atom stereocenters. The molecule has 0 radical (unpaired) electrons. The first-order valence-electron chi connectivity index (χ1n) is 10.9. The van der Waals surface area contributed by atoms with E-state index in [1.807, 2.05) is 30.8 Å². The molecule has 32 heavy (non-hydrogen) atoms. The predicted octanol–water partition coefficient (Wildman–Crippen LogP) is 6.07. The maximum Gasteiger partial charge on any atom is 0.251 e. The molecule has 1 heterocycles. The van der Waals surface area contributed by atoms with Crippen molar-refractivity contribution in [1.29, 1.82) is 0 Å². The van der Waals surface area contributed by atoms with Gasteiger partial charge in [-0.1, -0.05) is 48.0 Å². The number of para-hydroxylation sites is 1. The number of aromatic nitrogens is 1. The number of hydrogen-bond acceptors (Lipinski definition) is 3. The fourth-order valence-electron chi connectivity index (χ4n) is 3.62. The minimum absolute atomic E-state index is 0.0709. The summed E-state index contributed by atoms with van der Waals surface area (Å²) in [5, 5.41) is 4.28. The van der Waals surface area contributed by atoms with E-state index in [4.69, 9.17) is 4.74 Å². The minimum atomic E-state index is -0.0709. The Bertz CT molecular complexity index is 1180. The molecule has 1 amide bonds. The number of nitrogens with zero attached hydrogens (tertiary/aromatic N) is 1. The van der Waals surface area contributed by atoms with Crippen LogP contribution >= 0.6 is 11.8 Å². The standard InChI is InChI=1S/C27H28N2O2S/c1-3-31-23-14-12-22(13-15-23)27(30)28-16-17-29-18-26(24-6-4-5-7-25(24)29)32-19-21-10-8-20(2)9-11-21/h4-15,18H,3,16-17,19H2,1-2H3,(H,28,30). The molecule has 0 aliphatic rings. The average molecular weight is 445 g/mol. The second kappa shape index (κ2) is 10.4. The van der Waals surface area contributed by atoms with E-state index in [2.05, 4.69) is 71.5 Å². The molecular formula is C27H28N2O2S. The SMILES string of the molecule is CCOc1ccc(C(=O)NCCn2cc(SCc3ccc(C)cc3)c3ccccc32)cc1. The van der Waals surface area contributed by atoms with Gasteiger partial charge in [-0.15, -0.1) is 11.8 Å². The Morgan fingerprint density at radius 2 is 1.75 bits per heavy atom. The van der Waals surface area contributed by atoms with E-state index < -0.39 is 0 Å². The largest absolute Gasteiger partial charge is 0.494 e. The van der Waals surface area contributed by atoms with Crippen molar-refractivity contribution in [2.45, 2.75) is 31.0 Å². The number of amides is 1. The normalized spacial score (nSPS) is 10.9. The maximum absolute atomic E-state index is 12.5. The highest BCUT2D eigenvalue weighted by Gasteiger charge is 2.10. The molecule has 4 aromatic rings.